The Morgan fingerprint density at radius 1 is 0.867 bits per heavy atom. The third-order valence-corrected chi connectivity index (χ3v) is 4.95. The number of cyclic esters (lactones) is 1. The van der Waals surface area contributed by atoms with E-state index < -0.39 is 5.97 Å². The normalized spacial score (nSPS) is 14.4. The minimum Gasteiger partial charge on any atom is -0.497 e. The van der Waals surface area contributed by atoms with E-state index in [-0.39, 0.29) is 0 Å². The van der Waals surface area contributed by atoms with Crippen LogP contribution in [0.2, 0.25) is 0 Å². The van der Waals surface area contributed by atoms with Crippen LogP contribution >= 0.6 is 0 Å². The molecule has 30 heavy (non-hydrogen) atoms. The Morgan fingerprint density at radius 2 is 1.60 bits per heavy atom. The van der Waals surface area contributed by atoms with E-state index in [9.17, 15) is 4.79 Å². The van der Waals surface area contributed by atoms with Crippen LogP contribution in [0.5, 0.6) is 5.75 Å². The molecule has 0 unspecified atom stereocenters. The van der Waals surface area contributed by atoms with Crippen molar-refractivity contribution in [2.24, 2.45) is 0 Å². The summed E-state index contributed by atoms with van der Waals surface area (Å²) in [5.74, 6) is 0.759. The van der Waals surface area contributed by atoms with Crippen LogP contribution in [-0.4, -0.2) is 28.1 Å². The molecule has 1 aliphatic rings. The van der Waals surface area contributed by atoms with Crippen molar-refractivity contribution in [3.8, 4) is 22.7 Å². The van der Waals surface area contributed by atoms with Crippen molar-refractivity contribution in [2.45, 2.75) is 0 Å². The molecule has 6 heteroatoms. The van der Waals surface area contributed by atoms with Gasteiger partial charge in [0.2, 0.25) is 0 Å². The van der Waals surface area contributed by atoms with Crippen molar-refractivity contribution in [1.82, 2.24) is 15.0 Å². The number of carbonyl (C=O) groups excluding carboxylic acids is 1. The number of nitrogens with zero attached hydrogens (tertiary/aromatic N) is 3. The lowest BCUT2D eigenvalue weighted by molar-refractivity contribution is 0.0692. The largest absolute Gasteiger partial charge is 0.497 e. The second-order valence-corrected chi connectivity index (χ2v) is 6.74. The number of esters is 1. The molecule has 0 bridgehead atoms. The molecule has 0 atom stereocenters. The zero-order chi connectivity index (χ0) is 20.5. The average Bonchev–Trinajstić information content (AvgIpc) is 3.21. The van der Waals surface area contributed by atoms with Crippen LogP contribution in [-0.2, 0) is 4.74 Å². The summed E-state index contributed by atoms with van der Waals surface area (Å²) in [6, 6.07) is 24.3. The van der Waals surface area contributed by atoms with E-state index in [1.807, 2.05) is 72.8 Å². The van der Waals surface area contributed by atoms with Gasteiger partial charge in [-0.15, -0.1) is 5.10 Å². The lowest BCUT2D eigenvalue weighted by atomic mass is 10.1. The van der Waals surface area contributed by atoms with E-state index in [0.717, 1.165) is 22.6 Å². The fourth-order valence-electron chi connectivity index (χ4n) is 3.44. The number of carbonyl (C=O) groups is 1. The SMILES string of the molecule is COc1ccc(-c2nnn3c2/C=C(/c2ccccc2)OC(=O)c2ccccc2-3)cc1. The fraction of sp³-hybridized carbons (Fsp3) is 0.0417. The van der Waals surface area contributed by atoms with Crippen LogP contribution in [0.15, 0.2) is 78.9 Å². The monoisotopic (exact) mass is 395 g/mol. The van der Waals surface area contributed by atoms with E-state index in [1.54, 1.807) is 23.9 Å². The average molecular weight is 395 g/mol. The van der Waals surface area contributed by atoms with Gasteiger partial charge in [-0.25, -0.2) is 9.48 Å². The molecule has 5 rings (SSSR count). The standard InChI is InChI=1S/C24H17N3O3/c1-29-18-13-11-17(12-14-18)23-21-15-22(16-7-3-2-4-8-16)30-24(28)19-9-5-6-10-20(19)27(21)26-25-23/h2-15H,1H3/b22-15-. The topological polar surface area (TPSA) is 66.2 Å². The molecule has 0 N–H and O–H groups in total. The summed E-state index contributed by atoms with van der Waals surface area (Å²) in [6.07, 6.45) is 1.81. The second kappa shape index (κ2) is 7.33. The predicted molar refractivity (Wildman–Crippen MR) is 113 cm³/mol. The number of hydrogen-bond donors (Lipinski definition) is 0. The van der Waals surface area contributed by atoms with Crippen LogP contribution < -0.4 is 4.74 Å². The second-order valence-electron chi connectivity index (χ2n) is 6.74. The maximum Gasteiger partial charge on any atom is 0.345 e. The Balaban J connectivity index is 1.75. The van der Waals surface area contributed by atoms with Crippen LogP contribution in [0.3, 0.4) is 0 Å². The lowest BCUT2D eigenvalue weighted by Crippen LogP contribution is -2.14. The highest BCUT2D eigenvalue weighted by Gasteiger charge is 2.25. The van der Waals surface area contributed by atoms with Crippen molar-refractivity contribution >= 4 is 17.8 Å². The van der Waals surface area contributed by atoms with Gasteiger partial charge < -0.3 is 9.47 Å². The summed E-state index contributed by atoms with van der Waals surface area (Å²) in [7, 11) is 1.63. The minimum absolute atomic E-state index is 0.423. The number of rotatable bonds is 3. The third kappa shape index (κ3) is 3.04. The van der Waals surface area contributed by atoms with E-state index in [1.165, 1.54) is 0 Å². The van der Waals surface area contributed by atoms with Crippen molar-refractivity contribution in [3.05, 3.63) is 95.7 Å². The Bertz CT molecular complexity index is 1260. The number of aromatic nitrogens is 3. The van der Waals surface area contributed by atoms with E-state index in [2.05, 4.69) is 10.3 Å². The number of methoxy groups -OCH3 is 1. The first kappa shape index (κ1) is 17.9. The number of ether oxygens (including phenoxy) is 2. The van der Waals surface area contributed by atoms with Crippen molar-refractivity contribution < 1.29 is 14.3 Å². The molecule has 0 spiro atoms. The van der Waals surface area contributed by atoms with Gasteiger partial charge in [0.25, 0.3) is 0 Å². The highest BCUT2D eigenvalue weighted by molar-refractivity contribution is 5.99. The van der Waals surface area contributed by atoms with E-state index >= 15 is 0 Å². The predicted octanol–water partition coefficient (Wildman–Crippen LogP) is 4.61. The van der Waals surface area contributed by atoms with E-state index in [0.29, 0.717) is 22.7 Å². The molecule has 6 nitrogen and oxygen atoms in total. The molecule has 146 valence electrons. The summed E-state index contributed by atoms with van der Waals surface area (Å²) < 4.78 is 12.7. The quantitative estimate of drug-likeness (QED) is 0.474. The first-order valence-electron chi connectivity index (χ1n) is 9.43. The molecule has 0 radical (unpaired) electrons. The number of fused-ring (bicyclic) bond motifs is 3. The molecule has 1 aliphatic heterocycles. The third-order valence-electron chi connectivity index (χ3n) is 4.95. The molecule has 0 saturated carbocycles. The van der Waals surface area contributed by atoms with Crippen LogP contribution in [0.25, 0.3) is 28.8 Å². The number of para-hydroxylation sites is 1. The Kier molecular flexibility index (Phi) is 4.37. The van der Waals surface area contributed by atoms with Gasteiger partial charge in [0.1, 0.15) is 17.2 Å². The Labute approximate surface area is 173 Å². The molecule has 0 aliphatic carbocycles. The summed E-state index contributed by atoms with van der Waals surface area (Å²) in [5, 5.41) is 8.78. The molecule has 0 saturated heterocycles. The Hall–Kier alpha value is -4.19. The van der Waals surface area contributed by atoms with Gasteiger partial charge >= 0.3 is 5.97 Å². The summed E-state index contributed by atoms with van der Waals surface area (Å²) in [5.41, 5.74) is 4.11. The van der Waals surface area contributed by atoms with Crippen LogP contribution in [0.4, 0.5) is 0 Å². The highest BCUT2D eigenvalue weighted by atomic mass is 16.5. The van der Waals surface area contributed by atoms with Crippen LogP contribution in [0.1, 0.15) is 21.6 Å². The maximum absolute atomic E-state index is 12.9. The fourth-order valence-corrected chi connectivity index (χ4v) is 3.44. The van der Waals surface area contributed by atoms with E-state index in [4.69, 9.17) is 9.47 Å². The summed E-state index contributed by atoms with van der Waals surface area (Å²) >= 11 is 0. The van der Waals surface area contributed by atoms with Gasteiger partial charge in [-0.05, 0) is 36.4 Å². The highest BCUT2D eigenvalue weighted by Crippen LogP contribution is 2.32. The molecular formula is C24H17N3O3. The summed E-state index contributed by atoms with van der Waals surface area (Å²) in [6.45, 7) is 0. The molecule has 4 aromatic rings. The van der Waals surface area contributed by atoms with Gasteiger partial charge in [-0.2, -0.15) is 0 Å². The lowest BCUT2D eigenvalue weighted by Gasteiger charge is -2.16. The first-order valence-corrected chi connectivity index (χ1v) is 9.43. The van der Waals surface area contributed by atoms with Crippen LogP contribution in [0, 0.1) is 0 Å². The molecular weight excluding hydrogens is 378 g/mol. The first-order chi connectivity index (χ1) is 14.7. The Morgan fingerprint density at radius 3 is 2.37 bits per heavy atom. The van der Waals surface area contributed by atoms with Crippen molar-refractivity contribution in [2.75, 3.05) is 7.11 Å². The maximum atomic E-state index is 12.9. The summed E-state index contributed by atoms with van der Waals surface area (Å²) in [4.78, 5) is 12.9. The van der Waals surface area contributed by atoms with Gasteiger partial charge in [0.15, 0.2) is 0 Å². The molecule has 3 aromatic carbocycles. The molecule has 0 amide bonds. The number of benzene rings is 3. The molecule has 1 aromatic heterocycles. The molecule has 2 heterocycles. The zero-order valence-corrected chi connectivity index (χ0v) is 16.1. The molecule has 0 fully saturated rings. The van der Waals surface area contributed by atoms with Gasteiger partial charge in [-0.3, -0.25) is 0 Å². The van der Waals surface area contributed by atoms with Crippen molar-refractivity contribution in [3.63, 3.8) is 0 Å². The minimum atomic E-state index is -0.437. The zero-order valence-electron chi connectivity index (χ0n) is 16.1. The smallest absolute Gasteiger partial charge is 0.345 e. The van der Waals surface area contributed by atoms with Crippen molar-refractivity contribution in [1.29, 1.82) is 0 Å². The number of hydrogen-bond acceptors (Lipinski definition) is 5. The van der Waals surface area contributed by atoms with Gasteiger partial charge in [0, 0.05) is 17.2 Å². The van der Waals surface area contributed by atoms with Gasteiger partial charge in [0.05, 0.1) is 24.1 Å². The van der Waals surface area contributed by atoms with Gasteiger partial charge in [-0.1, -0.05) is 47.7 Å².